The first-order valence-corrected chi connectivity index (χ1v) is 8.11. The molecule has 0 heterocycles. The maximum absolute atomic E-state index is 12.8. The van der Waals surface area contributed by atoms with Gasteiger partial charge in [0.25, 0.3) is 0 Å². The van der Waals surface area contributed by atoms with Crippen molar-refractivity contribution in [1.29, 1.82) is 0 Å². The quantitative estimate of drug-likeness (QED) is 0.808. The van der Waals surface area contributed by atoms with Crippen molar-refractivity contribution >= 4 is 23.4 Å². The Morgan fingerprint density at radius 3 is 2.14 bits per heavy atom. The van der Waals surface area contributed by atoms with E-state index in [4.69, 9.17) is 11.6 Å². The van der Waals surface area contributed by atoms with Gasteiger partial charge < -0.3 is 9.80 Å². The molecule has 0 bridgehead atoms. The van der Waals surface area contributed by atoms with Crippen molar-refractivity contribution in [3.05, 3.63) is 34.9 Å². The predicted octanol–water partition coefficient (Wildman–Crippen LogP) is 2.70. The van der Waals surface area contributed by atoms with Crippen molar-refractivity contribution in [3.8, 4) is 0 Å². The highest BCUT2D eigenvalue weighted by Gasteiger charge is 2.52. The molecule has 22 heavy (non-hydrogen) atoms. The Hall–Kier alpha value is -1.55. The van der Waals surface area contributed by atoms with E-state index in [-0.39, 0.29) is 18.4 Å². The van der Waals surface area contributed by atoms with Crippen LogP contribution in [-0.2, 0) is 15.0 Å². The van der Waals surface area contributed by atoms with E-state index in [2.05, 4.69) is 0 Å². The SMILES string of the molecule is CCN(CC)C(=O)CN(C)C(=O)C1(c2ccc(Cl)cc2)CC1. The lowest BCUT2D eigenvalue weighted by atomic mass is 9.94. The summed E-state index contributed by atoms with van der Waals surface area (Å²) in [4.78, 5) is 28.2. The van der Waals surface area contributed by atoms with Crippen LogP contribution < -0.4 is 0 Å². The average Bonchev–Trinajstić information content (AvgIpc) is 3.30. The van der Waals surface area contributed by atoms with Crippen LogP contribution in [0.3, 0.4) is 0 Å². The summed E-state index contributed by atoms with van der Waals surface area (Å²) in [6, 6.07) is 7.44. The molecule has 1 aromatic carbocycles. The normalized spacial score (nSPS) is 15.3. The minimum Gasteiger partial charge on any atom is -0.342 e. The summed E-state index contributed by atoms with van der Waals surface area (Å²) < 4.78 is 0. The van der Waals surface area contributed by atoms with Crippen LogP contribution in [0, 0.1) is 0 Å². The highest BCUT2D eigenvalue weighted by molar-refractivity contribution is 6.30. The molecule has 0 unspecified atom stereocenters. The maximum Gasteiger partial charge on any atom is 0.242 e. The number of hydrogen-bond acceptors (Lipinski definition) is 2. The first kappa shape index (κ1) is 16.8. The zero-order valence-electron chi connectivity index (χ0n) is 13.4. The van der Waals surface area contributed by atoms with E-state index in [1.54, 1.807) is 16.8 Å². The number of carbonyl (C=O) groups is 2. The molecule has 1 aliphatic carbocycles. The molecule has 4 nitrogen and oxygen atoms in total. The summed E-state index contributed by atoms with van der Waals surface area (Å²) in [6.45, 7) is 5.36. The molecule has 1 aromatic rings. The second-order valence-electron chi connectivity index (χ2n) is 5.82. The van der Waals surface area contributed by atoms with Gasteiger partial charge >= 0.3 is 0 Å². The Morgan fingerprint density at radius 1 is 1.14 bits per heavy atom. The van der Waals surface area contributed by atoms with E-state index in [0.717, 1.165) is 18.4 Å². The second kappa shape index (κ2) is 6.69. The van der Waals surface area contributed by atoms with Gasteiger partial charge in [0.15, 0.2) is 0 Å². The fourth-order valence-corrected chi connectivity index (χ4v) is 2.96. The topological polar surface area (TPSA) is 40.6 Å². The van der Waals surface area contributed by atoms with Crippen LogP contribution in [0.4, 0.5) is 0 Å². The van der Waals surface area contributed by atoms with Crippen LogP contribution in [0.5, 0.6) is 0 Å². The summed E-state index contributed by atoms with van der Waals surface area (Å²) in [5.41, 5.74) is 0.534. The number of hydrogen-bond donors (Lipinski definition) is 0. The summed E-state index contributed by atoms with van der Waals surface area (Å²) in [6.07, 6.45) is 1.66. The third-order valence-electron chi connectivity index (χ3n) is 4.39. The molecule has 0 atom stereocenters. The van der Waals surface area contributed by atoms with Crippen molar-refractivity contribution in [1.82, 2.24) is 9.80 Å². The van der Waals surface area contributed by atoms with Gasteiger partial charge in [-0.2, -0.15) is 0 Å². The summed E-state index contributed by atoms with van der Waals surface area (Å²) in [5.74, 6) is 0.0167. The lowest BCUT2D eigenvalue weighted by Crippen LogP contribution is -2.44. The monoisotopic (exact) mass is 322 g/mol. The fourth-order valence-electron chi connectivity index (χ4n) is 2.84. The molecule has 0 radical (unpaired) electrons. The van der Waals surface area contributed by atoms with Gasteiger partial charge in [-0.1, -0.05) is 23.7 Å². The van der Waals surface area contributed by atoms with Crippen LogP contribution >= 0.6 is 11.6 Å². The molecular weight excluding hydrogens is 300 g/mol. The minimum atomic E-state index is -0.455. The van der Waals surface area contributed by atoms with Gasteiger partial charge in [0.2, 0.25) is 11.8 Å². The molecule has 0 N–H and O–H groups in total. The predicted molar refractivity (Wildman–Crippen MR) is 87.9 cm³/mol. The van der Waals surface area contributed by atoms with E-state index in [1.807, 2.05) is 38.1 Å². The molecule has 0 aliphatic heterocycles. The molecular formula is C17H23ClN2O2. The van der Waals surface area contributed by atoms with E-state index in [9.17, 15) is 9.59 Å². The fraction of sp³-hybridized carbons (Fsp3) is 0.529. The van der Waals surface area contributed by atoms with Crippen LogP contribution in [0.1, 0.15) is 32.3 Å². The van der Waals surface area contributed by atoms with Crippen LogP contribution in [-0.4, -0.2) is 48.3 Å². The summed E-state index contributed by atoms with van der Waals surface area (Å²) in [7, 11) is 1.71. The molecule has 120 valence electrons. The first-order valence-electron chi connectivity index (χ1n) is 7.74. The molecule has 0 spiro atoms. The number of likely N-dealkylation sites (N-methyl/N-ethyl adjacent to an activating group) is 2. The van der Waals surface area contributed by atoms with Crippen LogP contribution in [0.15, 0.2) is 24.3 Å². The number of amides is 2. The zero-order chi connectivity index (χ0) is 16.3. The molecule has 1 fully saturated rings. The van der Waals surface area contributed by atoms with Crippen molar-refractivity contribution < 1.29 is 9.59 Å². The third-order valence-corrected chi connectivity index (χ3v) is 4.64. The zero-order valence-corrected chi connectivity index (χ0v) is 14.2. The van der Waals surface area contributed by atoms with E-state index in [0.29, 0.717) is 18.1 Å². The first-order chi connectivity index (χ1) is 10.4. The molecule has 2 rings (SSSR count). The molecule has 0 saturated heterocycles. The number of benzene rings is 1. The van der Waals surface area contributed by atoms with E-state index in [1.165, 1.54) is 0 Å². The summed E-state index contributed by atoms with van der Waals surface area (Å²) >= 11 is 5.91. The van der Waals surface area contributed by atoms with Crippen molar-refractivity contribution in [2.24, 2.45) is 0 Å². The van der Waals surface area contributed by atoms with E-state index < -0.39 is 5.41 Å². The Kier molecular flexibility index (Phi) is 5.12. The number of halogens is 1. The lowest BCUT2D eigenvalue weighted by molar-refractivity contribution is -0.140. The summed E-state index contributed by atoms with van der Waals surface area (Å²) in [5, 5.41) is 0.664. The highest BCUT2D eigenvalue weighted by Crippen LogP contribution is 2.49. The Morgan fingerprint density at radius 2 is 1.68 bits per heavy atom. The van der Waals surface area contributed by atoms with Gasteiger partial charge in [0, 0.05) is 25.2 Å². The molecule has 0 aromatic heterocycles. The van der Waals surface area contributed by atoms with Crippen molar-refractivity contribution in [2.75, 3.05) is 26.7 Å². The van der Waals surface area contributed by atoms with E-state index >= 15 is 0 Å². The molecule has 5 heteroatoms. The van der Waals surface area contributed by atoms with Gasteiger partial charge in [0.05, 0.1) is 12.0 Å². The smallest absolute Gasteiger partial charge is 0.242 e. The molecule has 1 aliphatic rings. The van der Waals surface area contributed by atoms with Gasteiger partial charge in [-0.05, 0) is 44.4 Å². The average molecular weight is 323 g/mol. The number of nitrogens with zero attached hydrogens (tertiary/aromatic N) is 2. The lowest BCUT2D eigenvalue weighted by Gasteiger charge is -2.26. The second-order valence-corrected chi connectivity index (χ2v) is 6.25. The number of rotatable bonds is 6. The maximum atomic E-state index is 12.8. The van der Waals surface area contributed by atoms with Crippen molar-refractivity contribution in [2.45, 2.75) is 32.1 Å². The number of carbonyl (C=O) groups excluding carboxylic acids is 2. The standard InChI is InChI=1S/C17H23ClN2O2/c1-4-20(5-2)15(21)12-19(3)16(22)17(10-11-17)13-6-8-14(18)9-7-13/h6-9H,4-5,10-12H2,1-3H3. The molecule has 1 saturated carbocycles. The molecule has 2 amide bonds. The van der Waals surface area contributed by atoms with Gasteiger partial charge in [0.1, 0.15) is 0 Å². The Labute approximate surface area is 137 Å². The minimum absolute atomic E-state index is 0.00671. The Balaban J connectivity index is 2.07. The largest absolute Gasteiger partial charge is 0.342 e. The van der Waals surface area contributed by atoms with Crippen molar-refractivity contribution in [3.63, 3.8) is 0 Å². The van der Waals surface area contributed by atoms with Gasteiger partial charge in [-0.3, -0.25) is 9.59 Å². The highest BCUT2D eigenvalue weighted by atomic mass is 35.5. The van der Waals surface area contributed by atoms with Gasteiger partial charge in [-0.15, -0.1) is 0 Å². The van der Waals surface area contributed by atoms with Crippen LogP contribution in [0.2, 0.25) is 5.02 Å². The third kappa shape index (κ3) is 3.27. The Bertz CT molecular complexity index is 548. The van der Waals surface area contributed by atoms with Gasteiger partial charge in [-0.25, -0.2) is 0 Å². The van der Waals surface area contributed by atoms with Crippen LogP contribution in [0.25, 0.3) is 0 Å².